The maximum atomic E-state index is 12.3. The lowest BCUT2D eigenvalue weighted by Gasteiger charge is -2.32. The predicted molar refractivity (Wildman–Crippen MR) is 133 cm³/mol. The van der Waals surface area contributed by atoms with Gasteiger partial charge < -0.3 is 19.7 Å². The first-order chi connectivity index (χ1) is 15.6. The molecule has 0 unspecified atom stereocenters. The lowest BCUT2D eigenvalue weighted by atomic mass is 9.98. The van der Waals surface area contributed by atoms with E-state index in [1.807, 2.05) is 44.4 Å². The van der Waals surface area contributed by atoms with Gasteiger partial charge >= 0.3 is 6.09 Å². The van der Waals surface area contributed by atoms with Gasteiger partial charge in [-0.1, -0.05) is 6.92 Å². The summed E-state index contributed by atoms with van der Waals surface area (Å²) in [5, 5.41) is 5.96. The van der Waals surface area contributed by atoms with Crippen molar-refractivity contribution in [3.63, 3.8) is 0 Å². The van der Waals surface area contributed by atoms with Crippen LogP contribution < -0.4 is 10.1 Å². The summed E-state index contributed by atoms with van der Waals surface area (Å²) in [5.41, 5.74) is 1.06. The van der Waals surface area contributed by atoms with Crippen LogP contribution in [0.25, 0.3) is 0 Å². The van der Waals surface area contributed by atoms with Crippen LogP contribution in [0.15, 0.2) is 28.5 Å². The Labute approximate surface area is 204 Å². The Kier molecular flexibility index (Phi) is 8.64. The number of ether oxygens (including phenoxy) is 2. The molecular weight excluding hydrogens is 458 g/mol. The molecule has 0 saturated carbocycles. The van der Waals surface area contributed by atoms with E-state index in [4.69, 9.17) is 14.5 Å². The Balaban J connectivity index is 1.56. The van der Waals surface area contributed by atoms with Crippen molar-refractivity contribution in [1.29, 1.82) is 0 Å². The average Bonchev–Trinajstić information content (AvgIpc) is 3.21. The van der Waals surface area contributed by atoms with Crippen LogP contribution in [0, 0.1) is 0 Å². The van der Waals surface area contributed by atoms with E-state index >= 15 is 0 Å². The van der Waals surface area contributed by atoms with Crippen LogP contribution in [0.5, 0.6) is 5.75 Å². The minimum atomic E-state index is -0.479. The largest absolute Gasteiger partial charge is 0.485 e. The third-order valence-electron chi connectivity index (χ3n) is 5.01. The number of thioether (sulfide) groups is 1. The average molecular weight is 492 g/mol. The Morgan fingerprint density at radius 1 is 1.27 bits per heavy atom. The van der Waals surface area contributed by atoms with Crippen molar-refractivity contribution < 1.29 is 19.1 Å². The van der Waals surface area contributed by atoms with Gasteiger partial charge in [-0.25, -0.2) is 9.78 Å². The van der Waals surface area contributed by atoms with E-state index in [0.29, 0.717) is 37.1 Å². The Hall–Kier alpha value is -2.26. The zero-order valence-electron chi connectivity index (χ0n) is 20.0. The molecule has 0 aliphatic carbocycles. The smallest absolute Gasteiger partial charge is 0.410 e. The topological polar surface area (TPSA) is 80.8 Å². The number of anilines is 1. The lowest BCUT2D eigenvalue weighted by Crippen LogP contribution is -2.41. The van der Waals surface area contributed by atoms with Crippen LogP contribution in [0.4, 0.5) is 10.5 Å². The van der Waals surface area contributed by atoms with Gasteiger partial charge in [-0.3, -0.25) is 4.79 Å². The molecule has 1 saturated heterocycles. The highest BCUT2D eigenvalue weighted by molar-refractivity contribution is 7.99. The number of benzene rings is 1. The standard InChI is InChI=1S/C24H33N3O4S2/c1-6-32-19-7-8-21(20(13-19)25-16(2)28)30-14-18-15-33-22(26-18)17-9-11-27(12-10-17)23(29)31-24(3,4)5/h7-8,13,15,17H,6,9-12,14H2,1-5H3,(H,25,28). The van der Waals surface area contributed by atoms with Crippen molar-refractivity contribution in [2.45, 2.75) is 70.5 Å². The monoisotopic (exact) mass is 491 g/mol. The molecule has 0 radical (unpaired) electrons. The number of thiazole rings is 1. The van der Waals surface area contributed by atoms with Gasteiger partial charge in [0.05, 0.1) is 16.4 Å². The highest BCUT2D eigenvalue weighted by Crippen LogP contribution is 2.33. The van der Waals surface area contributed by atoms with Crippen molar-refractivity contribution in [1.82, 2.24) is 9.88 Å². The summed E-state index contributed by atoms with van der Waals surface area (Å²) >= 11 is 3.35. The Morgan fingerprint density at radius 3 is 2.64 bits per heavy atom. The molecule has 1 N–H and O–H groups in total. The first-order valence-corrected chi connectivity index (χ1v) is 13.1. The maximum Gasteiger partial charge on any atom is 0.410 e. The third kappa shape index (κ3) is 7.64. The number of aromatic nitrogens is 1. The fourth-order valence-electron chi connectivity index (χ4n) is 3.54. The summed E-state index contributed by atoms with van der Waals surface area (Å²) in [4.78, 5) is 31.5. The van der Waals surface area contributed by atoms with E-state index < -0.39 is 5.60 Å². The number of carbonyl (C=O) groups is 2. The van der Waals surface area contributed by atoms with Crippen LogP contribution >= 0.6 is 23.1 Å². The van der Waals surface area contributed by atoms with Gasteiger partial charge in [-0.05, 0) is 57.6 Å². The highest BCUT2D eigenvalue weighted by atomic mass is 32.2. The molecule has 2 heterocycles. The van der Waals surface area contributed by atoms with Gasteiger partial charge in [0.15, 0.2) is 0 Å². The van der Waals surface area contributed by atoms with Crippen LogP contribution in [0.3, 0.4) is 0 Å². The SMILES string of the molecule is CCSc1ccc(OCc2csc(C3CCN(C(=O)OC(C)(C)C)CC3)n2)c(NC(C)=O)c1. The number of hydrogen-bond donors (Lipinski definition) is 1. The van der Waals surface area contributed by atoms with E-state index in [9.17, 15) is 9.59 Å². The first kappa shape index (κ1) is 25.4. The molecule has 33 heavy (non-hydrogen) atoms. The molecule has 1 aliphatic heterocycles. The molecule has 0 bridgehead atoms. The molecule has 2 amide bonds. The van der Waals surface area contributed by atoms with E-state index in [1.165, 1.54) is 6.92 Å². The van der Waals surface area contributed by atoms with Crippen molar-refractivity contribution in [2.24, 2.45) is 0 Å². The van der Waals surface area contributed by atoms with E-state index in [0.717, 1.165) is 34.2 Å². The number of nitrogens with zero attached hydrogens (tertiary/aromatic N) is 2. The number of carbonyl (C=O) groups excluding carboxylic acids is 2. The van der Waals surface area contributed by atoms with Crippen LogP contribution in [0.1, 0.15) is 64.1 Å². The maximum absolute atomic E-state index is 12.3. The summed E-state index contributed by atoms with van der Waals surface area (Å²) in [5.74, 6) is 1.79. The van der Waals surface area contributed by atoms with Gasteiger partial charge in [-0.15, -0.1) is 23.1 Å². The Morgan fingerprint density at radius 2 is 2.00 bits per heavy atom. The van der Waals surface area contributed by atoms with E-state index in [-0.39, 0.29) is 12.0 Å². The molecule has 0 atom stereocenters. The molecule has 1 aromatic heterocycles. The number of likely N-dealkylation sites (tertiary alicyclic amines) is 1. The van der Waals surface area contributed by atoms with Gasteiger partial charge in [0.1, 0.15) is 18.0 Å². The van der Waals surface area contributed by atoms with Crippen LogP contribution in [0.2, 0.25) is 0 Å². The second-order valence-corrected chi connectivity index (χ2v) is 11.2. The number of nitrogens with one attached hydrogen (secondary N) is 1. The zero-order valence-corrected chi connectivity index (χ0v) is 21.6. The van der Waals surface area contributed by atoms with Crippen LogP contribution in [-0.4, -0.2) is 46.3 Å². The van der Waals surface area contributed by atoms with Gasteiger partial charge in [0.25, 0.3) is 0 Å². The van der Waals surface area contributed by atoms with E-state index in [1.54, 1.807) is 28.0 Å². The number of piperidine rings is 1. The van der Waals surface area contributed by atoms with Crippen molar-refractivity contribution in [2.75, 3.05) is 24.2 Å². The summed E-state index contributed by atoms with van der Waals surface area (Å²) in [6, 6.07) is 5.83. The quantitative estimate of drug-likeness (QED) is 0.485. The number of hydrogen-bond acceptors (Lipinski definition) is 7. The minimum absolute atomic E-state index is 0.132. The minimum Gasteiger partial charge on any atom is -0.485 e. The van der Waals surface area contributed by atoms with Gasteiger partial charge in [0.2, 0.25) is 5.91 Å². The summed E-state index contributed by atoms with van der Waals surface area (Å²) < 4.78 is 11.5. The molecule has 1 aliphatic rings. The molecule has 3 rings (SSSR count). The molecule has 9 heteroatoms. The van der Waals surface area contributed by atoms with E-state index in [2.05, 4.69) is 12.2 Å². The highest BCUT2D eigenvalue weighted by Gasteiger charge is 2.28. The van der Waals surface area contributed by atoms with Crippen molar-refractivity contribution >= 4 is 40.8 Å². The number of amides is 2. The fourth-order valence-corrected chi connectivity index (χ4v) is 5.22. The molecule has 7 nitrogen and oxygen atoms in total. The second kappa shape index (κ2) is 11.2. The second-order valence-electron chi connectivity index (χ2n) is 8.98. The molecular formula is C24H33N3O4S2. The van der Waals surface area contributed by atoms with Gasteiger partial charge in [-0.2, -0.15) is 0 Å². The normalized spacial score (nSPS) is 14.8. The summed E-state index contributed by atoms with van der Waals surface area (Å²) in [7, 11) is 0. The van der Waals surface area contributed by atoms with Crippen LogP contribution in [-0.2, 0) is 16.1 Å². The molecule has 180 valence electrons. The summed E-state index contributed by atoms with van der Waals surface area (Å²) in [6.07, 6.45) is 1.50. The molecule has 2 aromatic rings. The third-order valence-corrected chi connectivity index (χ3v) is 6.95. The van der Waals surface area contributed by atoms with Gasteiger partial charge in [0, 0.05) is 36.2 Å². The van der Waals surface area contributed by atoms with Crippen molar-refractivity contribution in [3.8, 4) is 5.75 Å². The predicted octanol–water partition coefficient (Wildman–Crippen LogP) is 5.91. The first-order valence-electron chi connectivity index (χ1n) is 11.2. The lowest BCUT2D eigenvalue weighted by molar-refractivity contribution is -0.114. The zero-order chi connectivity index (χ0) is 24.0. The molecule has 0 spiro atoms. The molecule has 1 fully saturated rings. The Bertz CT molecular complexity index is 963. The molecule has 1 aromatic carbocycles. The fraction of sp³-hybridized carbons (Fsp3) is 0.542. The summed E-state index contributed by atoms with van der Waals surface area (Å²) in [6.45, 7) is 10.9. The van der Waals surface area contributed by atoms with Crippen molar-refractivity contribution in [3.05, 3.63) is 34.3 Å². The number of rotatable bonds is 7.